The van der Waals surface area contributed by atoms with Crippen LogP contribution in [0.3, 0.4) is 0 Å². The Bertz CT molecular complexity index is 770. The molecule has 0 atom stereocenters. The van der Waals surface area contributed by atoms with E-state index in [0.717, 1.165) is 5.56 Å². The molecule has 3 rings (SSSR count). The van der Waals surface area contributed by atoms with Crippen LogP contribution in [-0.2, 0) is 9.53 Å². The van der Waals surface area contributed by atoms with Crippen LogP contribution in [0.15, 0.2) is 53.4 Å². The molecule has 0 bridgehead atoms. The molecule has 0 unspecified atom stereocenters. The monoisotopic (exact) mass is 318 g/mol. The predicted octanol–water partition coefficient (Wildman–Crippen LogP) is 3.73. The lowest BCUT2D eigenvalue weighted by atomic mass is 10.2. The second-order valence-electron chi connectivity index (χ2n) is 4.25. The van der Waals surface area contributed by atoms with Gasteiger partial charge in [-0.15, -0.1) is 0 Å². The van der Waals surface area contributed by atoms with Crippen molar-refractivity contribution in [3.63, 3.8) is 0 Å². The van der Waals surface area contributed by atoms with E-state index < -0.39 is 5.97 Å². The van der Waals surface area contributed by atoms with Gasteiger partial charge in [-0.25, -0.2) is 9.79 Å². The number of esters is 1. The van der Waals surface area contributed by atoms with Crippen molar-refractivity contribution in [1.82, 2.24) is 4.98 Å². The maximum atomic E-state index is 11.9. The van der Waals surface area contributed by atoms with Crippen LogP contribution in [0.2, 0.25) is 10.0 Å². The summed E-state index contributed by atoms with van der Waals surface area (Å²) < 4.78 is 5.15. The number of hydrogen-bond acceptors (Lipinski definition) is 4. The van der Waals surface area contributed by atoms with E-state index in [2.05, 4.69) is 9.98 Å². The van der Waals surface area contributed by atoms with Gasteiger partial charge in [-0.2, -0.15) is 0 Å². The van der Waals surface area contributed by atoms with Crippen molar-refractivity contribution in [2.45, 2.75) is 0 Å². The zero-order valence-corrected chi connectivity index (χ0v) is 12.1. The fourth-order valence-electron chi connectivity index (χ4n) is 1.80. The fourth-order valence-corrected chi connectivity index (χ4v) is 2.18. The molecule has 1 aromatic heterocycles. The number of carbonyl (C=O) groups excluding carboxylic acids is 1. The van der Waals surface area contributed by atoms with Gasteiger partial charge in [0.05, 0.1) is 10.6 Å². The first-order chi connectivity index (χ1) is 10.1. The van der Waals surface area contributed by atoms with Gasteiger partial charge < -0.3 is 4.74 Å². The van der Waals surface area contributed by atoms with E-state index in [1.165, 1.54) is 0 Å². The summed E-state index contributed by atoms with van der Waals surface area (Å²) in [5.41, 5.74) is 1.42. The zero-order valence-electron chi connectivity index (χ0n) is 10.6. The summed E-state index contributed by atoms with van der Waals surface area (Å²) >= 11 is 12.0. The number of nitrogens with zero attached hydrogens (tertiary/aromatic N) is 2. The highest BCUT2D eigenvalue weighted by atomic mass is 35.5. The summed E-state index contributed by atoms with van der Waals surface area (Å²) in [4.78, 5) is 20.0. The lowest BCUT2D eigenvalue weighted by Crippen LogP contribution is -2.06. The summed E-state index contributed by atoms with van der Waals surface area (Å²) in [7, 11) is 0. The molecule has 21 heavy (non-hydrogen) atoms. The van der Waals surface area contributed by atoms with Crippen LogP contribution in [0.5, 0.6) is 0 Å². The molecule has 104 valence electrons. The highest BCUT2D eigenvalue weighted by molar-refractivity contribution is 6.36. The maximum Gasteiger partial charge on any atom is 0.363 e. The quantitative estimate of drug-likeness (QED) is 0.626. The minimum absolute atomic E-state index is 0.141. The molecular formula is C15H8Cl2N2O2. The van der Waals surface area contributed by atoms with Crippen molar-refractivity contribution in [3.05, 3.63) is 69.6 Å². The van der Waals surface area contributed by atoms with Crippen molar-refractivity contribution < 1.29 is 9.53 Å². The Morgan fingerprint density at radius 3 is 2.81 bits per heavy atom. The minimum Gasteiger partial charge on any atom is -0.402 e. The predicted molar refractivity (Wildman–Crippen MR) is 81.3 cm³/mol. The molecule has 0 aliphatic carbocycles. The molecule has 2 aromatic rings. The van der Waals surface area contributed by atoms with Crippen LogP contribution >= 0.6 is 23.2 Å². The van der Waals surface area contributed by atoms with Gasteiger partial charge in [-0.3, -0.25) is 4.98 Å². The van der Waals surface area contributed by atoms with Crippen molar-refractivity contribution in [3.8, 4) is 0 Å². The molecule has 2 heterocycles. The Morgan fingerprint density at radius 2 is 2.05 bits per heavy atom. The third-order valence-corrected chi connectivity index (χ3v) is 3.33. The normalized spacial score (nSPS) is 16.0. The number of pyridine rings is 1. The first-order valence-electron chi connectivity index (χ1n) is 6.01. The smallest absolute Gasteiger partial charge is 0.363 e. The Hall–Kier alpha value is -2.17. The molecule has 0 fully saturated rings. The van der Waals surface area contributed by atoms with Crippen molar-refractivity contribution in [2.24, 2.45) is 4.99 Å². The van der Waals surface area contributed by atoms with Crippen LogP contribution in [0.1, 0.15) is 11.1 Å². The Labute approximate surface area is 130 Å². The summed E-state index contributed by atoms with van der Waals surface area (Å²) in [5.74, 6) is -0.396. The molecular weight excluding hydrogens is 311 g/mol. The summed E-state index contributed by atoms with van der Waals surface area (Å²) in [5, 5.41) is 0.895. The van der Waals surface area contributed by atoms with E-state index in [0.29, 0.717) is 15.6 Å². The van der Waals surface area contributed by atoms with Crippen molar-refractivity contribution in [2.75, 3.05) is 0 Å². The van der Waals surface area contributed by atoms with E-state index in [4.69, 9.17) is 27.9 Å². The van der Waals surface area contributed by atoms with Crippen LogP contribution in [0.4, 0.5) is 0 Å². The number of benzene rings is 1. The number of aromatic nitrogens is 1. The molecule has 0 amide bonds. The topological polar surface area (TPSA) is 51.5 Å². The number of aliphatic imine (C=N–C) groups is 1. The van der Waals surface area contributed by atoms with Crippen LogP contribution in [0, 0.1) is 0 Å². The van der Waals surface area contributed by atoms with Crippen LogP contribution < -0.4 is 0 Å². The van der Waals surface area contributed by atoms with Gasteiger partial charge in [-0.1, -0.05) is 29.3 Å². The van der Waals surface area contributed by atoms with Crippen LogP contribution in [-0.4, -0.2) is 16.9 Å². The number of ether oxygens (including phenoxy) is 1. The van der Waals surface area contributed by atoms with Gasteiger partial charge in [0.25, 0.3) is 0 Å². The number of rotatable bonds is 2. The summed E-state index contributed by atoms with van der Waals surface area (Å²) in [6, 6.07) is 8.46. The average molecular weight is 319 g/mol. The molecule has 1 aliphatic heterocycles. The van der Waals surface area contributed by atoms with Crippen molar-refractivity contribution >= 4 is 41.1 Å². The first-order valence-corrected chi connectivity index (χ1v) is 6.77. The van der Waals surface area contributed by atoms with E-state index >= 15 is 0 Å². The summed E-state index contributed by atoms with van der Waals surface area (Å²) in [6.45, 7) is 0. The first kappa shape index (κ1) is 13.8. The lowest BCUT2D eigenvalue weighted by Gasteiger charge is -2.02. The SMILES string of the molecule is O=C1OC(c2cc(Cl)ccc2Cl)=N/C1=C/c1cccnc1. The molecule has 0 N–H and O–H groups in total. The molecule has 0 radical (unpaired) electrons. The van der Waals surface area contributed by atoms with Crippen molar-refractivity contribution in [1.29, 1.82) is 0 Å². The van der Waals surface area contributed by atoms with E-state index in [1.54, 1.807) is 42.7 Å². The van der Waals surface area contributed by atoms with Gasteiger partial charge in [0.15, 0.2) is 5.70 Å². The maximum absolute atomic E-state index is 11.9. The highest BCUT2D eigenvalue weighted by Gasteiger charge is 2.25. The second-order valence-corrected chi connectivity index (χ2v) is 5.09. The van der Waals surface area contributed by atoms with Gasteiger partial charge in [-0.05, 0) is 35.9 Å². The van der Waals surface area contributed by atoms with Crippen LogP contribution in [0.25, 0.3) is 6.08 Å². The van der Waals surface area contributed by atoms with E-state index in [-0.39, 0.29) is 11.6 Å². The molecule has 1 aliphatic rings. The average Bonchev–Trinajstić information content (AvgIpc) is 2.84. The third-order valence-electron chi connectivity index (χ3n) is 2.77. The number of carbonyl (C=O) groups is 1. The third kappa shape index (κ3) is 2.96. The number of halogens is 2. The molecule has 4 nitrogen and oxygen atoms in total. The second kappa shape index (κ2) is 5.68. The molecule has 0 saturated carbocycles. The Kier molecular flexibility index (Phi) is 3.73. The van der Waals surface area contributed by atoms with Gasteiger partial charge in [0.1, 0.15) is 0 Å². The molecule has 6 heteroatoms. The molecule has 0 spiro atoms. The minimum atomic E-state index is -0.537. The number of hydrogen-bond donors (Lipinski definition) is 0. The van der Waals surface area contributed by atoms with E-state index in [9.17, 15) is 4.79 Å². The van der Waals surface area contributed by atoms with Gasteiger partial charge in [0.2, 0.25) is 5.90 Å². The van der Waals surface area contributed by atoms with E-state index in [1.807, 2.05) is 6.07 Å². The lowest BCUT2D eigenvalue weighted by molar-refractivity contribution is -0.129. The van der Waals surface area contributed by atoms with Gasteiger partial charge >= 0.3 is 5.97 Å². The Morgan fingerprint density at radius 1 is 1.19 bits per heavy atom. The Balaban J connectivity index is 1.99. The largest absolute Gasteiger partial charge is 0.402 e. The standard InChI is InChI=1S/C15H8Cl2N2O2/c16-10-3-4-12(17)11(7-10)14-19-13(15(20)21-14)6-9-2-1-5-18-8-9/h1-8H/b13-6+. The summed E-state index contributed by atoms with van der Waals surface area (Å²) in [6.07, 6.45) is 4.87. The fraction of sp³-hybridized carbons (Fsp3) is 0. The van der Waals surface area contributed by atoms with Gasteiger partial charge in [0, 0.05) is 17.4 Å². The zero-order chi connectivity index (χ0) is 14.8. The molecule has 1 aromatic carbocycles. The molecule has 0 saturated heterocycles. The highest BCUT2D eigenvalue weighted by Crippen LogP contribution is 2.26. The number of cyclic esters (lactones) is 1.